The Morgan fingerprint density at radius 1 is 1.52 bits per heavy atom. The Morgan fingerprint density at radius 2 is 2.24 bits per heavy atom. The fourth-order valence-electron chi connectivity index (χ4n) is 2.09. The number of anilines is 1. The van der Waals surface area contributed by atoms with E-state index in [1.165, 1.54) is 31.0 Å². The maximum absolute atomic E-state index is 12.0. The van der Waals surface area contributed by atoms with Gasteiger partial charge >= 0.3 is 0 Å². The lowest BCUT2D eigenvalue weighted by molar-refractivity contribution is -0.384. The lowest BCUT2D eigenvalue weighted by Crippen LogP contribution is -2.34. The van der Waals surface area contributed by atoms with Crippen LogP contribution in [0.15, 0.2) is 18.2 Å². The first kappa shape index (κ1) is 15.2. The standard InChI is InChI=1S/C13H19N5O3/c1-17(10-3-4-10)7-6-15-13(19)9-2-5-11(16-14)12(8-9)18(20)21/h2,5,8,10,16H,3-4,6-7,14H2,1H3,(H,15,19). The zero-order valence-electron chi connectivity index (χ0n) is 11.8. The molecule has 21 heavy (non-hydrogen) atoms. The largest absolute Gasteiger partial charge is 0.351 e. The van der Waals surface area contributed by atoms with E-state index in [0.29, 0.717) is 12.6 Å². The summed E-state index contributed by atoms with van der Waals surface area (Å²) in [6, 6.07) is 4.78. The second-order valence-corrected chi connectivity index (χ2v) is 5.10. The SMILES string of the molecule is CN(CCNC(=O)c1ccc(NN)c([N+](=O)[O-])c1)C1CC1. The third kappa shape index (κ3) is 3.89. The Balaban J connectivity index is 1.95. The van der Waals surface area contributed by atoms with Gasteiger partial charge in [0.05, 0.1) is 4.92 Å². The van der Waals surface area contributed by atoms with Gasteiger partial charge in [-0.3, -0.25) is 20.8 Å². The summed E-state index contributed by atoms with van der Waals surface area (Å²) in [5.41, 5.74) is 2.43. The number of nitrogens with two attached hydrogens (primary N) is 1. The van der Waals surface area contributed by atoms with Crippen LogP contribution in [0.2, 0.25) is 0 Å². The van der Waals surface area contributed by atoms with Gasteiger partial charge in [0.15, 0.2) is 0 Å². The number of carbonyl (C=O) groups excluding carboxylic acids is 1. The Morgan fingerprint density at radius 3 is 2.81 bits per heavy atom. The van der Waals surface area contributed by atoms with E-state index in [9.17, 15) is 14.9 Å². The molecule has 4 N–H and O–H groups in total. The zero-order chi connectivity index (χ0) is 15.4. The highest BCUT2D eigenvalue weighted by atomic mass is 16.6. The van der Waals surface area contributed by atoms with Gasteiger partial charge in [-0.2, -0.15) is 0 Å². The Hall–Kier alpha value is -2.19. The first-order valence-corrected chi connectivity index (χ1v) is 6.76. The van der Waals surface area contributed by atoms with Gasteiger partial charge in [0.2, 0.25) is 0 Å². The Labute approximate surface area is 122 Å². The topological polar surface area (TPSA) is 114 Å². The van der Waals surface area contributed by atoms with Gasteiger partial charge in [0, 0.05) is 30.8 Å². The Bertz CT molecular complexity index is 545. The molecule has 0 spiro atoms. The molecule has 1 aliphatic rings. The van der Waals surface area contributed by atoms with Crippen molar-refractivity contribution in [2.45, 2.75) is 18.9 Å². The van der Waals surface area contributed by atoms with E-state index < -0.39 is 4.92 Å². The predicted octanol–water partition coefficient (Wildman–Crippen LogP) is 0.704. The fraction of sp³-hybridized carbons (Fsp3) is 0.462. The third-order valence-electron chi connectivity index (χ3n) is 3.53. The molecule has 0 saturated heterocycles. The van der Waals surface area contributed by atoms with Crippen LogP contribution in [0.4, 0.5) is 11.4 Å². The molecule has 0 aromatic heterocycles. The molecule has 0 heterocycles. The molecule has 1 saturated carbocycles. The second-order valence-electron chi connectivity index (χ2n) is 5.10. The Kier molecular flexibility index (Phi) is 4.71. The normalized spacial score (nSPS) is 14.0. The molecular weight excluding hydrogens is 274 g/mol. The third-order valence-corrected chi connectivity index (χ3v) is 3.53. The second kappa shape index (κ2) is 6.51. The monoisotopic (exact) mass is 293 g/mol. The van der Waals surface area contributed by atoms with Crippen molar-refractivity contribution in [2.75, 3.05) is 25.6 Å². The highest BCUT2D eigenvalue weighted by molar-refractivity contribution is 5.95. The molecular formula is C13H19N5O3. The number of benzene rings is 1. The number of nitrogens with one attached hydrogen (secondary N) is 2. The van der Waals surface area contributed by atoms with Crippen molar-refractivity contribution < 1.29 is 9.72 Å². The van der Waals surface area contributed by atoms with Crippen molar-refractivity contribution in [3.8, 4) is 0 Å². The predicted molar refractivity (Wildman–Crippen MR) is 78.9 cm³/mol. The lowest BCUT2D eigenvalue weighted by Gasteiger charge is -2.15. The molecule has 0 aliphatic heterocycles. The summed E-state index contributed by atoms with van der Waals surface area (Å²) >= 11 is 0. The molecule has 1 aromatic rings. The van der Waals surface area contributed by atoms with Crippen molar-refractivity contribution in [2.24, 2.45) is 5.84 Å². The highest BCUT2D eigenvalue weighted by Gasteiger charge is 2.25. The van der Waals surface area contributed by atoms with Crippen molar-refractivity contribution in [1.82, 2.24) is 10.2 Å². The van der Waals surface area contributed by atoms with Crippen LogP contribution in [-0.2, 0) is 0 Å². The molecule has 0 unspecified atom stereocenters. The van der Waals surface area contributed by atoms with Gasteiger partial charge in [-0.15, -0.1) is 0 Å². The molecule has 0 bridgehead atoms. The van der Waals surface area contributed by atoms with Gasteiger partial charge in [-0.05, 0) is 32.0 Å². The number of hydrazine groups is 1. The zero-order valence-corrected chi connectivity index (χ0v) is 11.8. The number of nitrogens with zero attached hydrogens (tertiary/aromatic N) is 2. The summed E-state index contributed by atoms with van der Waals surface area (Å²) in [5, 5.41) is 13.7. The van der Waals surface area contributed by atoms with Crippen molar-refractivity contribution in [1.29, 1.82) is 0 Å². The number of amides is 1. The molecule has 1 aromatic carbocycles. The maximum Gasteiger partial charge on any atom is 0.294 e. The lowest BCUT2D eigenvalue weighted by atomic mass is 10.1. The van der Waals surface area contributed by atoms with Gasteiger partial charge in [-0.25, -0.2) is 0 Å². The van der Waals surface area contributed by atoms with E-state index in [0.717, 1.165) is 6.54 Å². The minimum absolute atomic E-state index is 0.171. The minimum atomic E-state index is -0.577. The number of rotatable bonds is 7. The summed E-state index contributed by atoms with van der Waals surface area (Å²) < 4.78 is 0. The number of likely N-dealkylation sites (N-methyl/N-ethyl adjacent to an activating group) is 1. The van der Waals surface area contributed by atoms with Gasteiger partial charge < -0.3 is 15.6 Å². The first-order chi connectivity index (χ1) is 10.0. The van der Waals surface area contributed by atoms with Crippen molar-refractivity contribution >= 4 is 17.3 Å². The molecule has 1 fully saturated rings. The summed E-state index contributed by atoms with van der Waals surface area (Å²) in [6.07, 6.45) is 2.42. The van der Waals surface area contributed by atoms with Crippen molar-refractivity contribution in [3.63, 3.8) is 0 Å². The number of carbonyl (C=O) groups is 1. The molecule has 0 radical (unpaired) electrons. The van der Waals surface area contributed by atoms with E-state index >= 15 is 0 Å². The van der Waals surface area contributed by atoms with E-state index in [4.69, 9.17) is 5.84 Å². The maximum atomic E-state index is 12.0. The average molecular weight is 293 g/mol. The van der Waals surface area contributed by atoms with Gasteiger partial charge in [0.25, 0.3) is 11.6 Å². The molecule has 1 amide bonds. The van der Waals surface area contributed by atoms with Crippen LogP contribution in [0.25, 0.3) is 0 Å². The fourth-order valence-corrected chi connectivity index (χ4v) is 2.09. The number of nitro benzene ring substituents is 1. The van der Waals surface area contributed by atoms with Gasteiger partial charge in [0.1, 0.15) is 5.69 Å². The van der Waals surface area contributed by atoms with E-state index in [2.05, 4.69) is 15.6 Å². The smallest absolute Gasteiger partial charge is 0.294 e. The van der Waals surface area contributed by atoms with E-state index in [-0.39, 0.29) is 22.8 Å². The summed E-state index contributed by atoms with van der Waals surface area (Å²) in [7, 11) is 2.02. The van der Waals surface area contributed by atoms with Crippen LogP contribution in [0.3, 0.4) is 0 Å². The summed E-state index contributed by atoms with van der Waals surface area (Å²) in [6.45, 7) is 1.28. The number of nitrogen functional groups attached to an aromatic ring is 1. The van der Waals surface area contributed by atoms with Crippen molar-refractivity contribution in [3.05, 3.63) is 33.9 Å². The van der Waals surface area contributed by atoms with Crippen LogP contribution >= 0.6 is 0 Å². The van der Waals surface area contributed by atoms with E-state index in [1.54, 1.807) is 0 Å². The first-order valence-electron chi connectivity index (χ1n) is 6.76. The van der Waals surface area contributed by atoms with E-state index in [1.807, 2.05) is 7.05 Å². The molecule has 2 rings (SSSR count). The van der Waals surface area contributed by atoms with Crippen LogP contribution in [-0.4, -0.2) is 41.9 Å². The number of hydrogen-bond donors (Lipinski definition) is 3. The molecule has 1 aliphatic carbocycles. The molecule has 8 nitrogen and oxygen atoms in total. The van der Waals surface area contributed by atoms with Crippen LogP contribution in [0.1, 0.15) is 23.2 Å². The average Bonchev–Trinajstić information content (AvgIpc) is 3.30. The molecule has 8 heteroatoms. The molecule has 114 valence electrons. The number of hydrogen-bond acceptors (Lipinski definition) is 6. The van der Waals surface area contributed by atoms with Gasteiger partial charge in [-0.1, -0.05) is 0 Å². The minimum Gasteiger partial charge on any atom is -0.351 e. The quantitative estimate of drug-likeness (QED) is 0.387. The highest BCUT2D eigenvalue weighted by Crippen LogP contribution is 2.25. The molecule has 0 atom stereocenters. The number of nitro groups is 1. The summed E-state index contributed by atoms with van der Waals surface area (Å²) in [4.78, 5) is 24.5. The van der Waals surface area contributed by atoms with Crippen LogP contribution in [0.5, 0.6) is 0 Å². The summed E-state index contributed by atoms with van der Waals surface area (Å²) in [5.74, 6) is 4.87. The van der Waals surface area contributed by atoms with Crippen LogP contribution in [0, 0.1) is 10.1 Å². The van der Waals surface area contributed by atoms with Crippen LogP contribution < -0.4 is 16.6 Å².